The summed E-state index contributed by atoms with van der Waals surface area (Å²) in [5.41, 5.74) is 0.268. The van der Waals surface area contributed by atoms with Gasteiger partial charge in [-0.25, -0.2) is 0 Å². The Kier molecular flexibility index (Phi) is 5.26. The molecule has 2 nitrogen and oxygen atoms in total. The average Bonchev–Trinajstić information content (AvgIpc) is 2.17. The van der Waals surface area contributed by atoms with Crippen LogP contribution in [0.5, 0.6) is 0 Å². The Bertz CT molecular complexity index is 195. The van der Waals surface area contributed by atoms with Gasteiger partial charge in [0.05, 0.1) is 0 Å². The first kappa shape index (κ1) is 14.0. The summed E-state index contributed by atoms with van der Waals surface area (Å²) in [6.45, 7) is 16.5. The van der Waals surface area contributed by atoms with Gasteiger partial charge in [0.1, 0.15) is 0 Å². The molecule has 0 bridgehead atoms. The minimum absolute atomic E-state index is 0.268. The summed E-state index contributed by atoms with van der Waals surface area (Å²) in [6, 6.07) is 0. The van der Waals surface area contributed by atoms with Crippen molar-refractivity contribution in [2.75, 3.05) is 26.2 Å². The lowest BCUT2D eigenvalue weighted by atomic mass is 9.89. The van der Waals surface area contributed by atoms with Gasteiger partial charge in [-0.05, 0) is 65.1 Å². The van der Waals surface area contributed by atoms with Gasteiger partial charge in [0, 0.05) is 12.1 Å². The molecule has 0 aromatic carbocycles. The second kappa shape index (κ2) is 6.02. The topological polar surface area (TPSA) is 15.3 Å². The van der Waals surface area contributed by atoms with Crippen molar-refractivity contribution in [1.82, 2.24) is 10.2 Å². The van der Waals surface area contributed by atoms with Gasteiger partial charge < -0.3 is 10.2 Å². The van der Waals surface area contributed by atoms with E-state index in [1.54, 1.807) is 0 Å². The number of nitrogens with one attached hydrogen (secondary N) is 1. The Morgan fingerprint density at radius 2 is 1.88 bits per heavy atom. The minimum Gasteiger partial charge on any atom is -0.312 e. The van der Waals surface area contributed by atoms with Crippen LogP contribution in [0.4, 0.5) is 0 Å². The van der Waals surface area contributed by atoms with E-state index >= 15 is 0 Å². The van der Waals surface area contributed by atoms with Crippen LogP contribution in [0.25, 0.3) is 0 Å². The minimum atomic E-state index is 0.268. The van der Waals surface area contributed by atoms with Crippen molar-refractivity contribution >= 4 is 0 Å². The van der Waals surface area contributed by atoms with Crippen LogP contribution >= 0.6 is 0 Å². The highest BCUT2D eigenvalue weighted by molar-refractivity contribution is 4.76. The van der Waals surface area contributed by atoms with Gasteiger partial charge >= 0.3 is 0 Å². The maximum atomic E-state index is 3.55. The summed E-state index contributed by atoms with van der Waals surface area (Å²) in [5, 5.41) is 3.55. The van der Waals surface area contributed by atoms with Crippen LogP contribution in [0.1, 0.15) is 47.5 Å². The summed E-state index contributed by atoms with van der Waals surface area (Å²) in [6.07, 6.45) is 2.66. The summed E-state index contributed by atoms with van der Waals surface area (Å²) in [7, 11) is 0. The third-order valence-electron chi connectivity index (χ3n) is 3.72. The lowest BCUT2D eigenvalue weighted by Crippen LogP contribution is -2.41. The number of nitrogens with zero attached hydrogens (tertiary/aromatic N) is 1. The van der Waals surface area contributed by atoms with Crippen molar-refractivity contribution < 1.29 is 0 Å². The van der Waals surface area contributed by atoms with Crippen LogP contribution < -0.4 is 5.32 Å². The van der Waals surface area contributed by atoms with Gasteiger partial charge in [0.2, 0.25) is 0 Å². The second-order valence-corrected chi connectivity index (χ2v) is 6.57. The SMILES string of the molecule is CC1CCN(CCCNC(C)(C)C)CC1C. The molecular weight excluding hydrogens is 196 g/mol. The van der Waals surface area contributed by atoms with E-state index in [-0.39, 0.29) is 5.54 Å². The van der Waals surface area contributed by atoms with Crippen LogP contribution in [0, 0.1) is 11.8 Å². The highest BCUT2D eigenvalue weighted by Crippen LogP contribution is 2.22. The zero-order valence-corrected chi connectivity index (χ0v) is 11.8. The van der Waals surface area contributed by atoms with E-state index in [1.807, 2.05) is 0 Å². The van der Waals surface area contributed by atoms with Crippen LogP contribution in [-0.4, -0.2) is 36.6 Å². The molecule has 1 aliphatic rings. The third kappa shape index (κ3) is 5.31. The molecule has 1 N–H and O–H groups in total. The zero-order chi connectivity index (χ0) is 12.2. The van der Waals surface area contributed by atoms with E-state index in [4.69, 9.17) is 0 Å². The fraction of sp³-hybridized carbons (Fsp3) is 1.00. The maximum absolute atomic E-state index is 3.55. The molecule has 2 heteroatoms. The molecule has 0 aromatic heterocycles. The number of likely N-dealkylation sites (tertiary alicyclic amines) is 1. The van der Waals surface area contributed by atoms with E-state index in [2.05, 4.69) is 44.8 Å². The molecule has 1 rings (SSSR count). The van der Waals surface area contributed by atoms with Crippen molar-refractivity contribution in [2.24, 2.45) is 11.8 Å². The van der Waals surface area contributed by atoms with E-state index in [1.165, 1.54) is 32.5 Å². The first-order chi connectivity index (χ1) is 7.38. The molecular formula is C14H30N2. The Balaban J connectivity index is 2.10. The molecule has 1 aliphatic heterocycles. The summed E-state index contributed by atoms with van der Waals surface area (Å²) >= 11 is 0. The highest BCUT2D eigenvalue weighted by atomic mass is 15.1. The molecule has 0 radical (unpaired) electrons. The molecule has 2 unspecified atom stereocenters. The molecule has 1 fully saturated rings. The fourth-order valence-corrected chi connectivity index (χ4v) is 2.32. The van der Waals surface area contributed by atoms with Crippen molar-refractivity contribution in [3.63, 3.8) is 0 Å². The monoisotopic (exact) mass is 226 g/mol. The molecule has 2 atom stereocenters. The molecule has 96 valence electrons. The van der Waals surface area contributed by atoms with Crippen molar-refractivity contribution in [2.45, 2.75) is 53.0 Å². The molecule has 0 aromatic rings. The van der Waals surface area contributed by atoms with Gasteiger partial charge in [-0.15, -0.1) is 0 Å². The van der Waals surface area contributed by atoms with Crippen molar-refractivity contribution in [3.05, 3.63) is 0 Å². The smallest absolute Gasteiger partial charge is 0.00965 e. The number of rotatable bonds is 4. The van der Waals surface area contributed by atoms with Crippen molar-refractivity contribution in [1.29, 1.82) is 0 Å². The Morgan fingerprint density at radius 1 is 1.19 bits per heavy atom. The molecule has 0 aliphatic carbocycles. The molecule has 1 saturated heterocycles. The summed E-state index contributed by atoms with van der Waals surface area (Å²) in [4.78, 5) is 2.63. The van der Waals surface area contributed by atoms with Crippen LogP contribution in [0.15, 0.2) is 0 Å². The van der Waals surface area contributed by atoms with E-state index in [0.717, 1.165) is 18.4 Å². The van der Waals surface area contributed by atoms with Gasteiger partial charge in [-0.2, -0.15) is 0 Å². The quantitative estimate of drug-likeness (QED) is 0.742. The number of hydrogen-bond acceptors (Lipinski definition) is 2. The lowest BCUT2D eigenvalue weighted by Gasteiger charge is -2.35. The Labute approximate surface area is 102 Å². The maximum Gasteiger partial charge on any atom is 0.00965 e. The lowest BCUT2D eigenvalue weighted by molar-refractivity contribution is 0.136. The van der Waals surface area contributed by atoms with Crippen molar-refractivity contribution in [3.8, 4) is 0 Å². The van der Waals surface area contributed by atoms with Crippen LogP contribution in [0.3, 0.4) is 0 Å². The predicted octanol–water partition coefficient (Wildman–Crippen LogP) is 2.74. The van der Waals surface area contributed by atoms with E-state index in [0.29, 0.717) is 0 Å². The Morgan fingerprint density at radius 3 is 2.44 bits per heavy atom. The standard InChI is InChI=1S/C14H30N2/c1-12-7-10-16(11-13(12)2)9-6-8-15-14(3,4)5/h12-13,15H,6-11H2,1-5H3. The number of hydrogen-bond donors (Lipinski definition) is 1. The number of piperidine rings is 1. The van der Waals surface area contributed by atoms with Crippen LogP contribution in [-0.2, 0) is 0 Å². The van der Waals surface area contributed by atoms with E-state index < -0.39 is 0 Å². The Hall–Kier alpha value is -0.0800. The molecule has 1 heterocycles. The normalized spacial score (nSPS) is 28.3. The van der Waals surface area contributed by atoms with Gasteiger partial charge in [0.25, 0.3) is 0 Å². The fourth-order valence-electron chi connectivity index (χ4n) is 2.32. The predicted molar refractivity (Wildman–Crippen MR) is 71.8 cm³/mol. The van der Waals surface area contributed by atoms with E-state index in [9.17, 15) is 0 Å². The summed E-state index contributed by atoms with van der Waals surface area (Å²) in [5.74, 6) is 1.80. The van der Waals surface area contributed by atoms with Gasteiger partial charge in [-0.1, -0.05) is 13.8 Å². The first-order valence-electron chi connectivity index (χ1n) is 6.86. The molecule has 0 spiro atoms. The second-order valence-electron chi connectivity index (χ2n) is 6.57. The molecule has 0 amide bonds. The van der Waals surface area contributed by atoms with Gasteiger partial charge in [0.15, 0.2) is 0 Å². The zero-order valence-electron chi connectivity index (χ0n) is 11.8. The average molecular weight is 226 g/mol. The first-order valence-corrected chi connectivity index (χ1v) is 6.86. The third-order valence-corrected chi connectivity index (χ3v) is 3.72. The largest absolute Gasteiger partial charge is 0.312 e. The summed E-state index contributed by atoms with van der Waals surface area (Å²) < 4.78 is 0. The molecule has 16 heavy (non-hydrogen) atoms. The molecule has 0 saturated carbocycles. The van der Waals surface area contributed by atoms with Gasteiger partial charge in [-0.3, -0.25) is 0 Å². The highest BCUT2D eigenvalue weighted by Gasteiger charge is 2.21. The van der Waals surface area contributed by atoms with Crippen LogP contribution in [0.2, 0.25) is 0 Å².